The number of aryl methyl sites for hydroxylation is 1. The second kappa shape index (κ2) is 7.50. The molecule has 0 aliphatic carbocycles. The fraction of sp³-hybridized carbons (Fsp3) is 0.667. The molecule has 0 bridgehead atoms. The van der Waals surface area contributed by atoms with E-state index in [0.717, 1.165) is 0 Å². The van der Waals surface area contributed by atoms with Crippen LogP contribution in [0.15, 0.2) is 4.52 Å². The van der Waals surface area contributed by atoms with Crippen molar-refractivity contribution in [3.63, 3.8) is 0 Å². The molecule has 0 aromatic carbocycles. The molecule has 1 aromatic heterocycles. The summed E-state index contributed by atoms with van der Waals surface area (Å²) < 4.78 is 5.01. The Morgan fingerprint density at radius 1 is 1.37 bits per heavy atom. The summed E-state index contributed by atoms with van der Waals surface area (Å²) in [4.78, 5) is 25.9. The zero-order valence-electron chi connectivity index (χ0n) is 11.2. The van der Waals surface area contributed by atoms with Gasteiger partial charge in [-0.3, -0.25) is 9.59 Å². The van der Waals surface area contributed by atoms with Crippen molar-refractivity contribution in [2.24, 2.45) is 0 Å². The van der Waals surface area contributed by atoms with Crippen LogP contribution < -0.4 is 5.32 Å². The average molecular weight is 269 g/mol. The molecule has 1 aromatic rings. The number of aliphatic carboxylic acids is 1. The number of carbonyl (C=O) groups excluding carboxylic acids is 1. The molecule has 2 N–H and O–H groups in total. The molecule has 0 aliphatic heterocycles. The van der Waals surface area contributed by atoms with Crippen LogP contribution in [0.25, 0.3) is 0 Å². The Bertz CT molecular complexity index is 428. The van der Waals surface area contributed by atoms with Crippen molar-refractivity contribution in [2.75, 3.05) is 6.54 Å². The van der Waals surface area contributed by atoms with Gasteiger partial charge in [-0.2, -0.15) is 4.98 Å². The molecule has 0 radical (unpaired) electrons. The summed E-state index contributed by atoms with van der Waals surface area (Å²) in [5.74, 6) is 0.277. The molecule has 0 saturated heterocycles. The van der Waals surface area contributed by atoms with Gasteiger partial charge in [-0.15, -0.1) is 0 Å². The van der Waals surface area contributed by atoms with Gasteiger partial charge in [-0.1, -0.05) is 19.0 Å². The molecule has 7 nitrogen and oxygen atoms in total. The molecule has 0 saturated carbocycles. The quantitative estimate of drug-likeness (QED) is 0.685. The van der Waals surface area contributed by atoms with Crippen molar-refractivity contribution >= 4 is 11.9 Å². The molecule has 0 aliphatic rings. The van der Waals surface area contributed by atoms with Crippen molar-refractivity contribution in [1.29, 1.82) is 0 Å². The Balaban J connectivity index is 2.20. The number of nitrogens with one attached hydrogen (secondary N) is 1. The van der Waals surface area contributed by atoms with Crippen molar-refractivity contribution in [3.05, 3.63) is 11.7 Å². The van der Waals surface area contributed by atoms with Gasteiger partial charge in [0.25, 0.3) is 0 Å². The lowest BCUT2D eigenvalue weighted by Gasteiger charge is -2.02. The first-order valence-electron chi connectivity index (χ1n) is 6.30. The van der Waals surface area contributed by atoms with E-state index in [2.05, 4.69) is 15.5 Å². The Morgan fingerprint density at radius 3 is 2.68 bits per heavy atom. The molecule has 0 fully saturated rings. The zero-order valence-corrected chi connectivity index (χ0v) is 11.2. The van der Waals surface area contributed by atoms with Gasteiger partial charge < -0.3 is 14.9 Å². The van der Waals surface area contributed by atoms with Crippen LogP contribution in [0, 0.1) is 0 Å². The van der Waals surface area contributed by atoms with Gasteiger partial charge in [-0.05, 0) is 6.42 Å². The first kappa shape index (κ1) is 15.1. The molecule has 1 rings (SSSR count). The number of nitrogens with zero attached hydrogens (tertiary/aromatic N) is 2. The summed E-state index contributed by atoms with van der Waals surface area (Å²) in [6.45, 7) is 4.29. The van der Waals surface area contributed by atoms with Crippen LogP contribution in [0.4, 0.5) is 0 Å². The van der Waals surface area contributed by atoms with E-state index in [1.165, 1.54) is 0 Å². The highest BCUT2D eigenvalue weighted by Crippen LogP contribution is 2.10. The molecule has 1 amide bonds. The van der Waals surface area contributed by atoms with Crippen LogP contribution in [0.3, 0.4) is 0 Å². The van der Waals surface area contributed by atoms with Gasteiger partial charge in [0.1, 0.15) is 0 Å². The van der Waals surface area contributed by atoms with E-state index in [-0.39, 0.29) is 24.7 Å². The highest BCUT2D eigenvalue weighted by atomic mass is 16.5. The molecule has 0 atom stereocenters. The van der Waals surface area contributed by atoms with Crippen LogP contribution in [0.2, 0.25) is 0 Å². The van der Waals surface area contributed by atoms with Gasteiger partial charge in [-0.25, -0.2) is 0 Å². The maximum absolute atomic E-state index is 11.5. The lowest BCUT2D eigenvalue weighted by atomic mass is 10.2. The molecule has 0 unspecified atom stereocenters. The predicted octanol–water partition coefficient (Wildman–Crippen LogP) is 1.11. The summed E-state index contributed by atoms with van der Waals surface area (Å²) in [6, 6.07) is 0. The molecule has 1 heterocycles. The number of hydrogen-bond donors (Lipinski definition) is 2. The highest BCUT2D eigenvalue weighted by Gasteiger charge is 2.11. The van der Waals surface area contributed by atoms with Crippen molar-refractivity contribution < 1.29 is 19.2 Å². The third kappa shape index (κ3) is 5.98. The summed E-state index contributed by atoms with van der Waals surface area (Å²) in [5.41, 5.74) is 0. The Hall–Kier alpha value is -1.92. The minimum Gasteiger partial charge on any atom is -0.481 e. The fourth-order valence-corrected chi connectivity index (χ4v) is 1.38. The Morgan fingerprint density at radius 2 is 2.11 bits per heavy atom. The van der Waals surface area contributed by atoms with E-state index in [4.69, 9.17) is 9.63 Å². The Kier molecular flexibility index (Phi) is 5.98. The van der Waals surface area contributed by atoms with Crippen LogP contribution in [-0.2, 0) is 16.0 Å². The monoisotopic (exact) mass is 269 g/mol. The number of rotatable bonds is 8. The van der Waals surface area contributed by atoms with Crippen LogP contribution in [-0.4, -0.2) is 33.7 Å². The first-order chi connectivity index (χ1) is 8.99. The van der Waals surface area contributed by atoms with E-state index >= 15 is 0 Å². The second-order valence-electron chi connectivity index (χ2n) is 4.55. The summed E-state index contributed by atoms with van der Waals surface area (Å²) >= 11 is 0. The van der Waals surface area contributed by atoms with Gasteiger partial charge in [0.2, 0.25) is 11.8 Å². The minimum absolute atomic E-state index is 0.0572. The third-order valence-corrected chi connectivity index (χ3v) is 2.46. The molecular weight excluding hydrogens is 250 g/mol. The number of aromatic nitrogens is 2. The highest BCUT2D eigenvalue weighted by molar-refractivity contribution is 5.76. The summed E-state index contributed by atoms with van der Waals surface area (Å²) in [7, 11) is 0. The SMILES string of the molecule is CC(C)c1noc(CCC(=O)NCCCC(=O)O)n1. The second-order valence-corrected chi connectivity index (χ2v) is 4.55. The summed E-state index contributed by atoms with van der Waals surface area (Å²) in [6.07, 6.45) is 1.14. The lowest BCUT2D eigenvalue weighted by molar-refractivity contribution is -0.137. The minimum atomic E-state index is -0.860. The predicted molar refractivity (Wildman–Crippen MR) is 66.6 cm³/mol. The van der Waals surface area contributed by atoms with Crippen LogP contribution in [0.5, 0.6) is 0 Å². The largest absolute Gasteiger partial charge is 0.481 e. The van der Waals surface area contributed by atoms with Gasteiger partial charge in [0, 0.05) is 31.7 Å². The maximum atomic E-state index is 11.5. The Labute approximate surface area is 111 Å². The van der Waals surface area contributed by atoms with Crippen molar-refractivity contribution in [2.45, 2.75) is 45.4 Å². The molecular formula is C12H19N3O4. The number of hydrogen-bond acceptors (Lipinski definition) is 5. The first-order valence-corrected chi connectivity index (χ1v) is 6.30. The van der Waals surface area contributed by atoms with Gasteiger partial charge >= 0.3 is 5.97 Å². The van der Waals surface area contributed by atoms with Crippen molar-refractivity contribution in [1.82, 2.24) is 15.5 Å². The third-order valence-electron chi connectivity index (χ3n) is 2.46. The molecule has 0 spiro atoms. The smallest absolute Gasteiger partial charge is 0.303 e. The van der Waals surface area contributed by atoms with E-state index in [9.17, 15) is 9.59 Å². The van der Waals surface area contributed by atoms with E-state index in [1.54, 1.807) is 0 Å². The van der Waals surface area contributed by atoms with E-state index in [0.29, 0.717) is 31.1 Å². The number of amides is 1. The van der Waals surface area contributed by atoms with Gasteiger partial charge in [0.05, 0.1) is 0 Å². The van der Waals surface area contributed by atoms with E-state index < -0.39 is 5.97 Å². The van der Waals surface area contributed by atoms with Crippen molar-refractivity contribution in [3.8, 4) is 0 Å². The average Bonchev–Trinajstić information content (AvgIpc) is 2.81. The standard InChI is InChI=1S/C12H19N3O4/c1-8(2)12-14-10(19-15-12)6-5-9(16)13-7-3-4-11(17)18/h8H,3-7H2,1-2H3,(H,13,16)(H,17,18). The van der Waals surface area contributed by atoms with Crippen LogP contribution in [0.1, 0.15) is 50.7 Å². The number of carboxylic acids is 1. The zero-order chi connectivity index (χ0) is 14.3. The number of carbonyl (C=O) groups is 2. The lowest BCUT2D eigenvalue weighted by Crippen LogP contribution is -2.25. The number of carboxylic acid groups (broad SMARTS) is 1. The summed E-state index contributed by atoms with van der Waals surface area (Å²) in [5, 5.41) is 14.9. The van der Waals surface area contributed by atoms with Crippen LogP contribution >= 0.6 is 0 Å². The topological polar surface area (TPSA) is 105 Å². The maximum Gasteiger partial charge on any atom is 0.303 e. The molecule has 106 valence electrons. The fourth-order valence-electron chi connectivity index (χ4n) is 1.38. The van der Waals surface area contributed by atoms with E-state index in [1.807, 2.05) is 13.8 Å². The molecule has 7 heteroatoms. The van der Waals surface area contributed by atoms with Gasteiger partial charge in [0.15, 0.2) is 5.82 Å². The normalized spacial score (nSPS) is 10.7. The molecule has 19 heavy (non-hydrogen) atoms.